The fraction of sp³-hybridized carbons (Fsp3) is 0.611. The van der Waals surface area contributed by atoms with E-state index in [0.717, 1.165) is 38.5 Å². The summed E-state index contributed by atoms with van der Waals surface area (Å²) >= 11 is 0. The van der Waals surface area contributed by atoms with Crippen molar-refractivity contribution >= 4 is 0 Å². The molecule has 1 aliphatic rings. The lowest BCUT2D eigenvalue weighted by Gasteiger charge is -2.38. The normalized spacial score (nSPS) is 18.2. The van der Waals surface area contributed by atoms with Crippen LogP contribution >= 0.6 is 0 Å². The molecule has 1 unspecified atom stereocenters. The Balaban J connectivity index is 1.95. The first kappa shape index (κ1) is 17.0. The number of aryl methyl sites for hydroxylation is 1. The number of rotatable bonds is 5. The van der Waals surface area contributed by atoms with Gasteiger partial charge in [0.25, 0.3) is 0 Å². The highest BCUT2D eigenvalue weighted by Crippen LogP contribution is 2.29. The van der Waals surface area contributed by atoms with Crippen LogP contribution in [-0.4, -0.2) is 62.7 Å². The Morgan fingerprint density at radius 1 is 1.04 bits per heavy atom. The molecule has 0 radical (unpaired) electrons. The summed E-state index contributed by atoms with van der Waals surface area (Å²) in [5, 5.41) is 12.6. The minimum absolute atomic E-state index is 0.113. The summed E-state index contributed by atoms with van der Waals surface area (Å²) in [5.74, 6) is 0.943. The molecule has 0 spiro atoms. The summed E-state index contributed by atoms with van der Waals surface area (Å²) in [6.07, 6.45) is 0. The third-order valence-electron chi connectivity index (χ3n) is 4.86. The minimum Gasteiger partial charge on any atom is -0.301 e. The molecule has 0 N–H and O–H groups in total. The number of tetrazole rings is 1. The van der Waals surface area contributed by atoms with Crippen molar-refractivity contribution in [3.63, 3.8) is 0 Å². The molecule has 0 bridgehead atoms. The van der Waals surface area contributed by atoms with E-state index in [-0.39, 0.29) is 12.1 Å². The van der Waals surface area contributed by atoms with Crippen LogP contribution in [0.1, 0.15) is 49.8 Å². The zero-order valence-electron chi connectivity index (χ0n) is 15.2. The third kappa shape index (κ3) is 3.49. The second-order valence-electron chi connectivity index (χ2n) is 6.86. The van der Waals surface area contributed by atoms with Crippen molar-refractivity contribution in [1.82, 2.24) is 30.0 Å². The van der Waals surface area contributed by atoms with Gasteiger partial charge >= 0.3 is 0 Å². The van der Waals surface area contributed by atoms with Crippen LogP contribution in [0.25, 0.3) is 0 Å². The van der Waals surface area contributed by atoms with Crippen LogP contribution in [0.15, 0.2) is 24.3 Å². The van der Waals surface area contributed by atoms with Gasteiger partial charge in [-0.25, -0.2) is 4.68 Å². The van der Waals surface area contributed by atoms with Crippen LogP contribution in [0.3, 0.4) is 0 Å². The molecule has 1 atom stereocenters. The van der Waals surface area contributed by atoms with Crippen LogP contribution in [0.4, 0.5) is 0 Å². The maximum atomic E-state index is 4.40. The molecule has 1 aromatic heterocycles. The summed E-state index contributed by atoms with van der Waals surface area (Å²) in [4.78, 5) is 5.01. The number of aromatic nitrogens is 4. The quantitative estimate of drug-likeness (QED) is 0.843. The number of nitrogens with zero attached hydrogens (tertiary/aromatic N) is 6. The number of likely N-dealkylation sites (N-methyl/N-ethyl adjacent to an activating group) is 1. The maximum absolute atomic E-state index is 4.40. The second kappa shape index (κ2) is 7.40. The zero-order valence-corrected chi connectivity index (χ0v) is 15.2. The highest BCUT2D eigenvalue weighted by Gasteiger charge is 2.30. The molecule has 24 heavy (non-hydrogen) atoms. The molecule has 0 aliphatic carbocycles. The molecule has 1 aromatic carbocycles. The summed E-state index contributed by atoms with van der Waals surface area (Å²) < 4.78 is 1.96. The lowest BCUT2D eigenvalue weighted by molar-refractivity contribution is 0.108. The Hall–Kier alpha value is -1.79. The maximum Gasteiger partial charge on any atom is 0.173 e. The van der Waals surface area contributed by atoms with Gasteiger partial charge in [0.2, 0.25) is 0 Å². The molecule has 6 heteroatoms. The van der Waals surface area contributed by atoms with Gasteiger partial charge in [0.05, 0.1) is 12.1 Å². The van der Waals surface area contributed by atoms with Crippen molar-refractivity contribution in [2.75, 3.05) is 32.7 Å². The smallest absolute Gasteiger partial charge is 0.173 e. The number of benzene rings is 1. The van der Waals surface area contributed by atoms with E-state index in [0.29, 0.717) is 0 Å². The molecular weight excluding hydrogens is 300 g/mol. The molecule has 0 saturated carbocycles. The monoisotopic (exact) mass is 328 g/mol. The van der Waals surface area contributed by atoms with Crippen molar-refractivity contribution in [3.05, 3.63) is 41.2 Å². The van der Waals surface area contributed by atoms with Gasteiger partial charge in [-0.15, -0.1) is 5.10 Å². The predicted molar refractivity (Wildman–Crippen MR) is 94.9 cm³/mol. The molecule has 2 aromatic rings. The highest BCUT2D eigenvalue weighted by atomic mass is 15.6. The highest BCUT2D eigenvalue weighted by molar-refractivity contribution is 5.28. The molecule has 1 saturated heterocycles. The lowest BCUT2D eigenvalue weighted by atomic mass is 10.0. The zero-order chi connectivity index (χ0) is 17.1. The first-order valence-electron chi connectivity index (χ1n) is 8.91. The minimum atomic E-state index is 0.113. The van der Waals surface area contributed by atoms with Gasteiger partial charge in [-0.1, -0.05) is 36.8 Å². The average molecular weight is 328 g/mol. The van der Waals surface area contributed by atoms with E-state index < -0.39 is 0 Å². The van der Waals surface area contributed by atoms with Crippen molar-refractivity contribution in [1.29, 1.82) is 0 Å². The summed E-state index contributed by atoms with van der Waals surface area (Å²) in [6.45, 7) is 14.0. The van der Waals surface area contributed by atoms with E-state index in [1.807, 2.05) is 4.68 Å². The summed E-state index contributed by atoms with van der Waals surface area (Å²) in [5.41, 5.74) is 2.54. The van der Waals surface area contributed by atoms with Crippen molar-refractivity contribution in [2.24, 2.45) is 0 Å². The van der Waals surface area contributed by atoms with Crippen LogP contribution in [0.2, 0.25) is 0 Å². The van der Waals surface area contributed by atoms with Crippen LogP contribution in [0, 0.1) is 6.92 Å². The molecule has 3 rings (SSSR count). The molecule has 6 nitrogen and oxygen atoms in total. The Morgan fingerprint density at radius 3 is 2.29 bits per heavy atom. The Bertz CT molecular complexity index is 640. The van der Waals surface area contributed by atoms with E-state index in [4.69, 9.17) is 0 Å². The van der Waals surface area contributed by atoms with E-state index >= 15 is 0 Å². The molecule has 0 amide bonds. The van der Waals surface area contributed by atoms with E-state index in [1.54, 1.807) is 0 Å². The van der Waals surface area contributed by atoms with Gasteiger partial charge in [-0.3, -0.25) is 4.90 Å². The fourth-order valence-electron chi connectivity index (χ4n) is 3.36. The number of piperazine rings is 1. The van der Waals surface area contributed by atoms with Gasteiger partial charge < -0.3 is 4.90 Å². The molecule has 1 aliphatic heterocycles. The Kier molecular flexibility index (Phi) is 5.26. The standard InChI is InChI=1S/C18H28N6/c1-5-22-10-12-23(13-11-22)17(16-8-6-15(4)7-9-16)18-19-20-21-24(18)14(2)3/h6-9,14,17H,5,10-13H2,1-4H3. The topological polar surface area (TPSA) is 50.1 Å². The van der Waals surface area contributed by atoms with Crippen molar-refractivity contribution < 1.29 is 0 Å². The van der Waals surface area contributed by atoms with Crippen molar-refractivity contribution in [3.8, 4) is 0 Å². The molecule has 130 valence electrons. The SMILES string of the molecule is CCN1CCN(C(c2ccc(C)cc2)c2nnnn2C(C)C)CC1. The first-order chi connectivity index (χ1) is 11.6. The predicted octanol–water partition coefficient (Wildman–Crippen LogP) is 2.29. The van der Waals surface area contributed by atoms with Gasteiger partial charge in [0.15, 0.2) is 5.82 Å². The van der Waals surface area contributed by atoms with Gasteiger partial charge in [0, 0.05) is 26.2 Å². The second-order valence-corrected chi connectivity index (χ2v) is 6.86. The largest absolute Gasteiger partial charge is 0.301 e. The fourth-order valence-corrected chi connectivity index (χ4v) is 3.36. The van der Waals surface area contributed by atoms with Gasteiger partial charge in [-0.05, 0) is 43.3 Å². The van der Waals surface area contributed by atoms with Gasteiger partial charge in [-0.2, -0.15) is 0 Å². The number of hydrogen-bond acceptors (Lipinski definition) is 5. The Labute approximate surface area is 144 Å². The molecular formula is C18H28N6. The summed E-state index contributed by atoms with van der Waals surface area (Å²) in [6, 6.07) is 9.14. The van der Waals surface area contributed by atoms with E-state index in [1.165, 1.54) is 11.1 Å². The van der Waals surface area contributed by atoms with Crippen LogP contribution in [0.5, 0.6) is 0 Å². The van der Waals surface area contributed by atoms with Gasteiger partial charge in [0.1, 0.15) is 0 Å². The van der Waals surface area contributed by atoms with Crippen LogP contribution < -0.4 is 0 Å². The van der Waals surface area contributed by atoms with E-state index in [9.17, 15) is 0 Å². The summed E-state index contributed by atoms with van der Waals surface area (Å²) in [7, 11) is 0. The third-order valence-corrected chi connectivity index (χ3v) is 4.86. The van der Waals surface area contributed by atoms with Crippen LogP contribution in [-0.2, 0) is 0 Å². The van der Waals surface area contributed by atoms with Crippen molar-refractivity contribution in [2.45, 2.75) is 39.8 Å². The van der Waals surface area contributed by atoms with E-state index in [2.05, 4.69) is 77.3 Å². The number of hydrogen-bond donors (Lipinski definition) is 0. The first-order valence-corrected chi connectivity index (χ1v) is 8.91. The average Bonchev–Trinajstić information content (AvgIpc) is 3.07. The lowest BCUT2D eigenvalue weighted by Crippen LogP contribution is -2.48. The Morgan fingerprint density at radius 2 is 1.71 bits per heavy atom. The molecule has 2 heterocycles. The molecule has 1 fully saturated rings.